The zero-order valence-electron chi connectivity index (χ0n) is 14.7. The summed E-state index contributed by atoms with van der Waals surface area (Å²) in [4.78, 5) is 24.8. The summed E-state index contributed by atoms with van der Waals surface area (Å²) >= 11 is 5.78. The predicted molar refractivity (Wildman–Crippen MR) is 107 cm³/mol. The average molecular weight is 386 g/mol. The second-order valence-corrected chi connectivity index (χ2v) is 6.88. The van der Waals surface area contributed by atoms with Gasteiger partial charge in [-0.2, -0.15) is 0 Å². The second kappa shape index (κ2) is 8.79. The van der Waals surface area contributed by atoms with E-state index in [0.29, 0.717) is 11.3 Å². The normalized spacial score (nSPS) is 14.6. The summed E-state index contributed by atoms with van der Waals surface area (Å²) in [5.74, 6) is -0.306. The molecule has 0 aliphatic carbocycles. The smallest absolute Gasteiger partial charge is 0.288 e. The molecule has 0 atom stereocenters. The summed E-state index contributed by atoms with van der Waals surface area (Å²) in [6.07, 6.45) is 5.38. The fourth-order valence-electron chi connectivity index (χ4n) is 3.02. The molecule has 2 aromatic rings. The van der Waals surface area contributed by atoms with E-state index in [4.69, 9.17) is 11.6 Å². The summed E-state index contributed by atoms with van der Waals surface area (Å²) in [6, 6.07) is 12.2. The van der Waals surface area contributed by atoms with E-state index in [1.165, 1.54) is 42.7 Å². The first-order chi connectivity index (χ1) is 13.0. The maximum atomic E-state index is 12.1. The lowest BCUT2D eigenvalue weighted by atomic mass is 10.2. The Morgan fingerprint density at radius 1 is 1.19 bits per heavy atom. The van der Waals surface area contributed by atoms with Crippen molar-refractivity contribution in [1.29, 1.82) is 0 Å². The van der Waals surface area contributed by atoms with E-state index in [0.717, 1.165) is 19.6 Å². The highest BCUT2D eigenvalue weighted by Crippen LogP contribution is 2.25. The van der Waals surface area contributed by atoms with Crippen molar-refractivity contribution in [2.45, 2.75) is 19.4 Å². The Balaban J connectivity index is 1.58. The van der Waals surface area contributed by atoms with Crippen molar-refractivity contribution in [2.75, 3.05) is 18.4 Å². The summed E-state index contributed by atoms with van der Waals surface area (Å²) in [6.45, 7) is 3.22. The number of nitro benzene ring substituents is 1. The molecule has 27 heavy (non-hydrogen) atoms. The quantitative estimate of drug-likeness (QED) is 0.451. The van der Waals surface area contributed by atoms with Crippen molar-refractivity contribution in [2.24, 2.45) is 0 Å². The Morgan fingerprint density at radius 2 is 1.89 bits per heavy atom. The van der Waals surface area contributed by atoms with Crippen LogP contribution in [0.25, 0.3) is 6.08 Å². The number of nitrogens with one attached hydrogen (secondary N) is 1. The minimum Gasteiger partial charge on any atom is -0.323 e. The molecule has 2 aromatic carbocycles. The molecule has 0 spiro atoms. The molecule has 0 bridgehead atoms. The number of likely N-dealkylation sites (tertiary alicyclic amines) is 1. The lowest BCUT2D eigenvalue weighted by Crippen LogP contribution is -2.18. The Labute approximate surface area is 162 Å². The van der Waals surface area contributed by atoms with Crippen LogP contribution in [0.3, 0.4) is 0 Å². The van der Waals surface area contributed by atoms with Crippen LogP contribution < -0.4 is 5.32 Å². The summed E-state index contributed by atoms with van der Waals surface area (Å²) in [5, 5.41) is 13.8. The van der Waals surface area contributed by atoms with Gasteiger partial charge in [0.1, 0.15) is 5.02 Å². The molecule has 1 heterocycles. The van der Waals surface area contributed by atoms with Gasteiger partial charge in [0.05, 0.1) is 4.92 Å². The highest BCUT2D eigenvalue weighted by Gasteiger charge is 2.12. The van der Waals surface area contributed by atoms with E-state index in [1.54, 1.807) is 6.07 Å². The monoisotopic (exact) mass is 385 g/mol. The van der Waals surface area contributed by atoms with Crippen molar-refractivity contribution in [3.63, 3.8) is 0 Å². The van der Waals surface area contributed by atoms with E-state index < -0.39 is 4.92 Å². The first-order valence-electron chi connectivity index (χ1n) is 8.75. The van der Waals surface area contributed by atoms with Crippen LogP contribution in [0, 0.1) is 10.1 Å². The predicted octanol–water partition coefficient (Wildman–Crippen LogP) is 4.50. The second-order valence-electron chi connectivity index (χ2n) is 6.47. The number of benzene rings is 2. The van der Waals surface area contributed by atoms with Gasteiger partial charge in [0, 0.05) is 24.4 Å². The highest BCUT2D eigenvalue weighted by atomic mass is 35.5. The first kappa shape index (κ1) is 19.1. The third kappa shape index (κ3) is 5.39. The minimum absolute atomic E-state index is 0.0654. The largest absolute Gasteiger partial charge is 0.323 e. The van der Waals surface area contributed by atoms with Crippen LogP contribution in [-0.2, 0) is 11.3 Å². The van der Waals surface area contributed by atoms with Gasteiger partial charge in [-0.05, 0) is 61.3 Å². The van der Waals surface area contributed by atoms with Gasteiger partial charge in [-0.3, -0.25) is 19.8 Å². The first-order valence-corrected chi connectivity index (χ1v) is 9.13. The van der Waals surface area contributed by atoms with Crippen LogP contribution >= 0.6 is 11.6 Å². The van der Waals surface area contributed by atoms with Crippen LogP contribution in [0.2, 0.25) is 5.02 Å². The molecule has 7 heteroatoms. The average Bonchev–Trinajstić information content (AvgIpc) is 3.15. The van der Waals surface area contributed by atoms with E-state index in [1.807, 2.05) is 24.3 Å². The van der Waals surface area contributed by atoms with E-state index in [9.17, 15) is 14.9 Å². The van der Waals surface area contributed by atoms with Gasteiger partial charge in [0.25, 0.3) is 5.69 Å². The van der Waals surface area contributed by atoms with Crippen LogP contribution in [0.4, 0.5) is 11.4 Å². The molecule has 6 nitrogen and oxygen atoms in total. The summed E-state index contributed by atoms with van der Waals surface area (Å²) in [7, 11) is 0. The lowest BCUT2D eigenvalue weighted by molar-refractivity contribution is -0.384. The number of carbonyl (C=O) groups excluding carboxylic acids is 1. The van der Waals surface area contributed by atoms with Crippen LogP contribution in [0.1, 0.15) is 24.0 Å². The van der Waals surface area contributed by atoms with Crippen molar-refractivity contribution in [3.05, 3.63) is 74.8 Å². The lowest BCUT2D eigenvalue weighted by Gasteiger charge is -2.14. The number of rotatable bonds is 6. The van der Waals surface area contributed by atoms with Crippen molar-refractivity contribution >= 4 is 35.0 Å². The van der Waals surface area contributed by atoms with Gasteiger partial charge < -0.3 is 5.32 Å². The number of amides is 1. The molecule has 0 aromatic heterocycles. The Hall–Kier alpha value is -2.70. The van der Waals surface area contributed by atoms with Crippen molar-refractivity contribution in [3.8, 4) is 0 Å². The maximum Gasteiger partial charge on any atom is 0.288 e. The molecule has 0 saturated carbocycles. The Morgan fingerprint density at radius 3 is 2.56 bits per heavy atom. The maximum absolute atomic E-state index is 12.1. The van der Waals surface area contributed by atoms with Gasteiger partial charge in [-0.25, -0.2) is 0 Å². The number of hydrogen-bond donors (Lipinski definition) is 1. The Kier molecular flexibility index (Phi) is 6.21. The van der Waals surface area contributed by atoms with E-state index >= 15 is 0 Å². The van der Waals surface area contributed by atoms with E-state index in [-0.39, 0.29) is 16.6 Å². The molecule has 1 aliphatic heterocycles. The van der Waals surface area contributed by atoms with Crippen molar-refractivity contribution < 1.29 is 9.72 Å². The Bertz CT molecular complexity index is 859. The summed E-state index contributed by atoms with van der Waals surface area (Å²) < 4.78 is 0. The standard InChI is InChI=1S/C20H20ClN3O3/c21-18-9-5-15(13-19(18)24(26)27)6-10-20(25)22-17-7-3-16(4-8-17)14-23-11-1-2-12-23/h3-10,13H,1-2,11-12,14H2,(H,22,25). The third-order valence-corrected chi connectivity index (χ3v) is 4.74. The topological polar surface area (TPSA) is 75.5 Å². The zero-order valence-corrected chi connectivity index (χ0v) is 15.5. The number of nitro groups is 1. The molecule has 1 amide bonds. The van der Waals surface area contributed by atoms with Crippen LogP contribution in [0.15, 0.2) is 48.5 Å². The van der Waals surface area contributed by atoms with Gasteiger partial charge in [-0.15, -0.1) is 0 Å². The number of nitrogens with zero attached hydrogens (tertiary/aromatic N) is 2. The van der Waals surface area contributed by atoms with Gasteiger partial charge in [-0.1, -0.05) is 29.8 Å². The number of halogens is 1. The number of carbonyl (C=O) groups is 1. The number of hydrogen-bond acceptors (Lipinski definition) is 4. The molecule has 3 rings (SSSR count). The molecular weight excluding hydrogens is 366 g/mol. The van der Waals surface area contributed by atoms with Crippen LogP contribution in [-0.4, -0.2) is 28.8 Å². The molecule has 1 fully saturated rings. The fraction of sp³-hybridized carbons (Fsp3) is 0.250. The molecular formula is C20H20ClN3O3. The summed E-state index contributed by atoms with van der Waals surface area (Å²) in [5.41, 5.74) is 2.27. The van der Waals surface area contributed by atoms with E-state index in [2.05, 4.69) is 10.2 Å². The SMILES string of the molecule is O=C(C=Cc1ccc(Cl)c([N+](=O)[O-])c1)Nc1ccc(CN2CCCC2)cc1. The molecule has 0 unspecified atom stereocenters. The van der Waals surface area contributed by atoms with Gasteiger partial charge in [0.2, 0.25) is 5.91 Å². The molecule has 0 radical (unpaired) electrons. The zero-order chi connectivity index (χ0) is 19.2. The molecule has 1 aliphatic rings. The number of anilines is 1. The molecule has 1 saturated heterocycles. The third-order valence-electron chi connectivity index (χ3n) is 4.42. The fourth-order valence-corrected chi connectivity index (χ4v) is 3.21. The van der Waals surface area contributed by atoms with Crippen LogP contribution in [0.5, 0.6) is 0 Å². The molecule has 140 valence electrons. The van der Waals surface area contributed by atoms with Crippen molar-refractivity contribution in [1.82, 2.24) is 4.90 Å². The highest BCUT2D eigenvalue weighted by molar-refractivity contribution is 6.32. The van der Waals surface area contributed by atoms with Gasteiger partial charge >= 0.3 is 0 Å². The van der Waals surface area contributed by atoms with Gasteiger partial charge in [0.15, 0.2) is 0 Å². The molecule has 1 N–H and O–H groups in total. The minimum atomic E-state index is -0.552.